The Morgan fingerprint density at radius 1 is 1.12 bits per heavy atom. The van der Waals surface area contributed by atoms with Crippen molar-refractivity contribution < 1.29 is 13.2 Å². The number of carbonyl (C=O) groups excluding carboxylic acids is 1. The van der Waals surface area contributed by atoms with E-state index in [4.69, 9.17) is 11.6 Å². The third kappa shape index (κ3) is 3.42. The quantitative estimate of drug-likeness (QED) is 0.903. The van der Waals surface area contributed by atoms with Crippen LogP contribution in [0.5, 0.6) is 0 Å². The van der Waals surface area contributed by atoms with E-state index in [1.807, 2.05) is 18.2 Å². The zero-order chi connectivity index (χ0) is 17.2. The number of para-hydroxylation sites is 1. The van der Waals surface area contributed by atoms with Crippen molar-refractivity contribution in [3.8, 4) is 0 Å². The monoisotopic (exact) mass is 363 g/mol. The van der Waals surface area contributed by atoms with Crippen molar-refractivity contribution in [2.45, 2.75) is 11.4 Å². The van der Waals surface area contributed by atoms with E-state index in [0.717, 1.165) is 11.9 Å². The van der Waals surface area contributed by atoms with Crippen molar-refractivity contribution in [3.05, 3.63) is 59.1 Å². The zero-order valence-electron chi connectivity index (χ0n) is 12.5. The van der Waals surface area contributed by atoms with Gasteiger partial charge in [0.15, 0.2) is 0 Å². The van der Waals surface area contributed by atoms with Gasteiger partial charge in [0.05, 0.1) is 5.69 Å². The van der Waals surface area contributed by atoms with Crippen LogP contribution in [0.15, 0.2) is 57.8 Å². The molecule has 0 radical (unpaired) electrons. The van der Waals surface area contributed by atoms with Gasteiger partial charge in [-0.2, -0.15) is 8.42 Å². The number of carbonyl (C=O) groups is 1. The molecule has 0 aromatic heterocycles. The zero-order valence-corrected chi connectivity index (χ0v) is 14.1. The lowest BCUT2D eigenvalue weighted by molar-refractivity contribution is -0.119. The molecule has 0 fully saturated rings. The second-order valence-electron chi connectivity index (χ2n) is 5.16. The van der Waals surface area contributed by atoms with E-state index in [0.29, 0.717) is 17.3 Å². The summed E-state index contributed by atoms with van der Waals surface area (Å²) in [5.41, 5.74) is 1.24. The number of benzene rings is 2. The molecule has 1 heterocycles. The molecule has 3 rings (SSSR count). The fraction of sp³-hybridized carbons (Fsp3) is 0.125. The molecule has 0 saturated heterocycles. The van der Waals surface area contributed by atoms with Gasteiger partial charge in [-0.25, -0.2) is 0 Å². The van der Waals surface area contributed by atoms with E-state index in [-0.39, 0.29) is 17.3 Å². The van der Waals surface area contributed by atoms with E-state index < -0.39 is 10.0 Å². The van der Waals surface area contributed by atoms with Gasteiger partial charge >= 0.3 is 0 Å². The first kappa shape index (κ1) is 16.5. The molecule has 2 aromatic rings. The standard InChI is InChI=1S/C16H14ClN3O3S/c17-13-6-2-1-5-12(13)9-18-16(21)10-20-11-19-24(22,23)15-8-4-3-7-14(15)20/h1-8,11H,9-10H2,(H,18,21). The Morgan fingerprint density at radius 3 is 2.62 bits per heavy atom. The van der Waals surface area contributed by atoms with Crippen LogP contribution in [0.4, 0.5) is 5.69 Å². The predicted molar refractivity (Wildman–Crippen MR) is 92.8 cm³/mol. The molecular weight excluding hydrogens is 350 g/mol. The van der Waals surface area contributed by atoms with Crippen LogP contribution < -0.4 is 10.2 Å². The van der Waals surface area contributed by atoms with E-state index in [9.17, 15) is 13.2 Å². The molecule has 24 heavy (non-hydrogen) atoms. The summed E-state index contributed by atoms with van der Waals surface area (Å²) >= 11 is 6.05. The maximum Gasteiger partial charge on any atom is 0.285 e. The minimum absolute atomic E-state index is 0.0412. The number of fused-ring (bicyclic) bond motifs is 1. The SMILES string of the molecule is O=C(CN1C=NS(=O)(=O)c2ccccc21)NCc1ccccc1Cl. The van der Waals surface area contributed by atoms with Crippen LogP contribution in [0, 0.1) is 0 Å². The van der Waals surface area contributed by atoms with Crippen molar-refractivity contribution in [1.82, 2.24) is 5.32 Å². The van der Waals surface area contributed by atoms with E-state index in [1.54, 1.807) is 24.3 Å². The summed E-state index contributed by atoms with van der Waals surface area (Å²) in [6.07, 6.45) is 1.16. The molecule has 0 bridgehead atoms. The molecule has 1 aliphatic rings. The van der Waals surface area contributed by atoms with Crippen molar-refractivity contribution in [1.29, 1.82) is 0 Å². The topological polar surface area (TPSA) is 78.8 Å². The molecule has 1 amide bonds. The minimum atomic E-state index is -3.69. The molecule has 0 spiro atoms. The first-order valence-electron chi connectivity index (χ1n) is 7.13. The lowest BCUT2D eigenvalue weighted by Crippen LogP contribution is -2.38. The van der Waals surface area contributed by atoms with Gasteiger partial charge in [0, 0.05) is 11.6 Å². The molecule has 2 aromatic carbocycles. The lowest BCUT2D eigenvalue weighted by Gasteiger charge is -2.24. The highest BCUT2D eigenvalue weighted by molar-refractivity contribution is 7.90. The van der Waals surface area contributed by atoms with Crippen LogP contribution in [-0.4, -0.2) is 27.2 Å². The summed E-state index contributed by atoms with van der Waals surface area (Å²) in [5, 5.41) is 3.34. The van der Waals surface area contributed by atoms with Gasteiger partial charge in [-0.3, -0.25) is 4.79 Å². The summed E-state index contributed by atoms with van der Waals surface area (Å²) in [6, 6.07) is 13.7. The number of nitrogens with one attached hydrogen (secondary N) is 1. The van der Waals surface area contributed by atoms with Gasteiger partial charge in [-0.15, -0.1) is 4.40 Å². The van der Waals surface area contributed by atoms with Gasteiger partial charge in [0.25, 0.3) is 10.0 Å². The molecule has 1 aliphatic heterocycles. The fourth-order valence-electron chi connectivity index (χ4n) is 2.32. The lowest BCUT2D eigenvalue weighted by atomic mass is 10.2. The number of halogens is 1. The number of nitrogens with zero attached hydrogens (tertiary/aromatic N) is 2. The Kier molecular flexibility index (Phi) is 4.55. The highest BCUT2D eigenvalue weighted by atomic mass is 35.5. The maximum atomic E-state index is 12.2. The normalized spacial score (nSPS) is 15.0. The largest absolute Gasteiger partial charge is 0.350 e. The second kappa shape index (κ2) is 6.62. The molecule has 8 heteroatoms. The van der Waals surface area contributed by atoms with Crippen molar-refractivity contribution >= 4 is 39.6 Å². The summed E-state index contributed by atoms with van der Waals surface area (Å²) in [4.78, 5) is 13.7. The Morgan fingerprint density at radius 2 is 1.83 bits per heavy atom. The smallest absolute Gasteiger partial charge is 0.285 e. The van der Waals surface area contributed by atoms with Gasteiger partial charge in [0.2, 0.25) is 5.91 Å². The number of sulfonamides is 1. The maximum absolute atomic E-state index is 12.2. The van der Waals surface area contributed by atoms with Gasteiger partial charge < -0.3 is 10.2 Å². The van der Waals surface area contributed by atoms with Gasteiger partial charge in [0.1, 0.15) is 17.8 Å². The molecule has 0 saturated carbocycles. The number of amides is 1. The van der Waals surface area contributed by atoms with Crippen LogP contribution in [0.25, 0.3) is 0 Å². The van der Waals surface area contributed by atoms with Gasteiger partial charge in [-0.05, 0) is 23.8 Å². The van der Waals surface area contributed by atoms with Gasteiger partial charge in [-0.1, -0.05) is 41.9 Å². The Hall–Kier alpha value is -2.38. The summed E-state index contributed by atoms with van der Waals surface area (Å²) in [5.74, 6) is -0.268. The van der Waals surface area contributed by atoms with Crippen molar-refractivity contribution in [3.63, 3.8) is 0 Å². The first-order chi connectivity index (χ1) is 11.5. The fourth-order valence-corrected chi connectivity index (χ4v) is 3.58. The average molecular weight is 364 g/mol. The molecule has 1 N–H and O–H groups in total. The van der Waals surface area contributed by atoms with E-state index in [2.05, 4.69) is 9.71 Å². The molecular formula is C16H14ClN3O3S. The molecule has 0 atom stereocenters. The molecule has 0 unspecified atom stereocenters. The number of hydrogen-bond acceptors (Lipinski definition) is 4. The van der Waals surface area contributed by atoms with Crippen LogP contribution >= 0.6 is 11.6 Å². The highest BCUT2D eigenvalue weighted by Gasteiger charge is 2.25. The number of hydrogen-bond donors (Lipinski definition) is 1. The number of rotatable bonds is 4. The van der Waals surface area contributed by atoms with E-state index in [1.165, 1.54) is 11.0 Å². The average Bonchev–Trinajstić information content (AvgIpc) is 2.57. The second-order valence-corrected chi connectivity index (χ2v) is 7.17. The summed E-state index contributed by atoms with van der Waals surface area (Å²) in [6.45, 7) is 0.254. The van der Waals surface area contributed by atoms with Crippen LogP contribution in [-0.2, 0) is 21.4 Å². The summed E-state index contributed by atoms with van der Waals surface area (Å²) < 4.78 is 27.4. The Bertz CT molecular complexity index is 912. The minimum Gasteiger partial charge on any atom is -0.350 e. The third-order valence-corrected chi connectivity index (χ3v) is 5.17. The molecule has 6 nitrogen and oxygen atoms in total. The van der Waals surface area contributed by atoms with Crippen LogP contribution in [0.1, 0.15) is 5.56 Å². The third-order valence-electron chi connectivity index (χ3n) is 3.53. The van der Waals surface area contributed by atoms with Crippen LogP contribution in [0.3, 0.4) is 0 Å². The number of anilines is 1. The van der Waals surface area contributed by atoms with Crippen molar-refractivity contribution in [2.24, 2.45) is 4.40 Å². The predicted octanol–water partition coefficient (Wildman–Crippen LogP) is 2.19. The highest BCUT2D eigenvalue weighted by Crippen LogP contribution is 2.28. The van der Waals surface area contributed by atoms with Crippen molar-refractivity contribution in [2.75, 3.05) is 11.4 Å². The summed E-state index contributed by atoms with van der Waals surface area (Å²) in [7, 11) is -3.69. The molecule has 124 valence electrons. The Labute approximate surface area is 144 Å². The Balaban J connectivity index is 1.70. The van der Waals surface area contributed by atoms with Crippen LogP contribution in [0.2, 0.25) is 5.02 Å². The molecule has 0 aliphatic carbocycles. The first-order valence-corrected chi connectivity index (χ1v) is 8.95. The van der Waals surface area contributed by atoms with E-state index >= 15 is 0 Å².